The summed E-state index contributed by atoms with van der Waals surface area (Å²) < 4.78 is 4.47. The van der Waals surface area contributed by atoms with E-state index in [4.69, 9.17) is 0 Å². The first-order valence-corrected chi connectivity index (χ1v) is 13.0. The summed E-state index contributed by atoms with van der Waals surface area (Å²) in [6.45, 7) is 2.34. The molecule has 1 fully saturated rings. The monoisotopic (exact) mass is 539 g/mol. The topological polar surface area (TPSA) is 158 Å². The number of piperidine rings is 1. The molecule has 3 aromatic rings. The Morgan fingerprint density at radius 1 is 1.18 bits per heavy atom. The Labute approximate surface area is 223 Å². The molecular formula is C25H29N7O5S. The Kier molecular flexibility index (Phi) is 8.69. The molecule has 3 heterocycles. The van der Waals surface area contributed by atoms with Gasteiger partial charge in [-0.2, -0.15) is 5.10 Å². The number of hydrogen-bond acceptors (Lipinski definition) is 8. The second-order valence-corrected chi connectivity index (χ2v) is 9.67. The van der Waals surface area contributed by atoms with Crippen molar-refractivity contribution in [2.75, 3.05) is 32.1 Å². The van der Waals surface area contributed by atoms with Crippen LogP contribution >= 0.6 is 11.3 Å². The Morgan fingerprint density at radius 3 is 2.63 bits per heavy atom. The number of rotatable bonds is 8. The second-order valence-electron chi connectivity index (χ2n) is 8.78. The molecule has 0 bridgehead atoms. The lowest BCUT2D eigenvalue weighted by atomic mass is 9.98. The number of ether oxygens (including phenoxy) is 1. The number of carbonyl (C=O) groups excluding carboxylic acids is 4. The van der Waals surface area contributed by atoms with Crippen LogP contribution in [0.3, 0.4) is 0 Å². The maximum atomic E-state index is 12.7. The highest BCUT2D eigenvalue weighted by Gasteiger charge is 2.27. The third kappa shape index (κ3) is 6.73. The van der Waals surface area contributed by atoms with Gasteiger partial charge >= 0.3 is 12.0 Å². The number of thiazole rings is 1. The number of anilines is 1. The van der Waals surface area contributed by atoms with Crippen LogP contribution in [0, 0.1) is 0 Å². The van der Waals surface area contributed by atoms with Crippen LogP contribution in [0.5, 0.6) is 0 Å². The molecule has 0 radical (unpaired) electrons. The molecule has 4 N–H and O–H groups in total. The molecule has 0 saturated carbocycles. The molecule has 12 nitrogen and oxygen atoms in total. The van der Waals surface area contributed by atoms with Crippen molar-refractivity contribution < 1.29 is 23.9 Å². The highest BCUT2D eigenvalue weighted by Crippen LogP contribution is 2.30. The number of H-pyrrole nitrogens is 1. The molecule has 4 rings (SSSR count). The summed E-state index contributed by atoms with van der Waals surface area (Å²) in [5, 5.41) is 17.4. The second kappa shape index (κ2) is 12.3. The fourth-order valence-corrected chi connectivity index (χ4v) is 4.94. The SMILES string of the molecule is COC(=O)CNC(=O)C(C)NC(=O)c1csc(C2CCN(C(=O)Nc3cc(-c4ccccc4)[nH]n3)CC2)n1. The van der Waals surface area contributed by atoms with Crippen LogP contribution < -0.4 is 16.0 Å². The van der Waals surface area contributed by atoms with Gasteiger partial charge in [-0.15, -0.1) is 11.3 Å². The highest BCUT2D eigenvalue weighted by atomic mass is 32.1. The number of benzene rings is 1. The van der Waals surface area contributed by atoms with Gasteiger partial charge in [-0.3, -0.25) is 24.8 Å². The summed E-state index contributed by atoms with van der Waals surface area (Å²) >= 11 is 1.38. The molecule has 1 aliphatic heterocycles. The van der Waals surface area contributed by atoms with E-state index < -0.39 is 23.8 Å². The molecule has 1 saturated heterocycles. The molecule has 1 aromatic carbocycles. The lowest BCUT2D eigenvalue weighted by Gasteiger charge is -2.30. The van der Waals surface area contributed by atoms with Crippen LogP contribution in [0.2, 0.25) is 0 Å². The Bertz CT molecular complexity index is 1280. The summed E-state index contributed by atoms with van der Waals surface area (Å²) in [6.07, 6.45) is 1.42. The molecular weight excluding hydrogens is 510 g/mol. The summed E-state index contributed by atoms with van der Waals surface area (Å²) in [5.74, 6) is -0.973. The summed E-state index contributed by atoms with van der Waals surface area (Å²) in [7, 11) is 1.22. The number of hydrogen-bond donors (Lipinski definition) is 4. The van der Waals surface area contributed by atoms with Crippen LogP contribution in [-0.4, -0.2) is 76.7 Å². The summed E-state index contributed by atoms with van der Waals surface area (Å²) in [4.78, 5) is 54.7. The first-order valence-electron chi connectivity index (χ1n) is 12.1. The van der Waals surface area contributed by atoms with E-state index in [2.05, 4.69) is 35.9 Å². The van der Waals surface area contributed by atoms with Gasteiger partial charge in [0, 0.05) is 30.5 Å². The first-order chi connectivity index (χ1) is 18.3. The fourth-order valence-electron chi connectivity index (χ4n) is 3.97. The Morgan fingerprint density at radius 2 is 1.92 bits per heavy atom. The van der Waals surface area contributed by atoms with Crippen LogP contribution in [0.4, 0.5) is 10.6 Å². The zero-order valence-corrected chi connectivity index (χ0v) is 21.8. The van der Waals surface area contributed by atoms with Gasteiger partial charge in [0.05, 0.1) is 17.8 Å². The van der Waals surface area contributed by atoms with E-state index >= 15 is 0 Å². The van der Waals surface area contributed by atoms with Crippen molar-refractivity contribution >= 4 is 41.0 Å². The quantitative estimate of drug-likeness (QED) is 0.320. The molecule has 0 spiro atoms. The van der Waals surface area contributed by atoms with Gasteiger partial charge in [0.15, 0.2) is 5.82 Å². The molecule has 2 aromatic heterocycles. The van der Waals surface area contributed by atoms with Gasteiger partial charge in [-0.25, -0.2) is 9.78 Å². The van der Waals surface area contributed by atoms with Crippen LogP contribution in [0.25, 0.3) is 11.3 Å². The molecule has 38 heavy (non-hydrogen) atoms. The predicted molar refractivity (Wildman–Crippen MR) is 141 cm³/mol. The molecule has 1 unspecified atom stereocenters. The van der Waals surface area contributed by atoms with E-state index in [9.17, 15) is 19.2 Å². The minimum absolute atomic E-state index is 0.126. The summed E-state index contributed by atoms with van der Waals surface area (Å²) in [6, 6.07) is 10.5. The molecule has 1 atom stereocenters. The number of methoxy groups -OCH3 is 1. The standard InChI is InChI=1S/C25H29N7O5S/c1-15(22(34)26-13-21(33)37-2)27-23(35)19-14-38-24(28-19)17-8-10-32(11-9-17)25(36)29-20-12-18(30-31-20)16-6-4-3-5-7-16/h3-7,12,14-15,17H,8-11,13H2,1-2H3,(H,26,34)(H,27,35)(H2,29,30,31,36). The van der Waals surface area contributed by atoms with Crippen molar-refractivity contribution in [1.29, 1.82) is 0 Å². The highest BCUT2D eigenvalue weighted by molar-refractivity contribution is 7.09. The zero-order chi connectivity index (χ0) is 27.1. The number of aromatic amines is 1. The van der Waals surface area contributed by atoms with Gasteiger partial charge in [0.2, 0.25) is 5.91 Å². The summed E-state index contributed by atoms with van der Waals surface area (Å²) in [5.41, 5.74) is 2.03. The molecule has 200 valence electrons. The number of urea groups is 1. The van der Waals surface area contributed by atoms with Crippen molar-refractivity contribution in [2.45, 2.75) is 31.7 Å². The van der Waals surface area contributed by atoms with Gasteiger partial charge in [-0.1, -0.05) is 30.3 Å². The van der Waals surface area contributed by atoms with E-state index in [1.165, 1.54) is 25.4 Å². The van der Waals surface area contributed by atoms with E-state index in [0.29, 0.717) is 31.7 Å². The lowest BCUT2D eigenvalue weighted by molar-refractivity contribution is -0.141. The van der Waals surface area contributed by atoms with E-state index in [1.54, 1.807) is 16.3 Å². The number of amides is 4. The third-order valence-electron chi connectivity index (χ3n) is 6.16. The van der Waals surface area contributed by atoms with Gasteiger partial charge in [0.1, 0.15) is 18.3 Å². The van der Waals surface area contributed by atoms with E-state index in [0.717, 1.165) is 16.3 Å². The van der Waals surface area contributed by atoms with Crippen molar-refractivity contribution in [2.24, 2.45) is 0 Å². The number of nitrogens with one attached hydrogen (secondary N) is 4. The average Bonchev–Trinajstić information content (AvgIpc) is 3.62. The molecule has 0 aliphatic carbocycles. The smallest absolute Gasteiger partial charge is 0.325 e. The minimum Gasteiger partial charge on any atom is -0.468 e. The predicted octanol–water partition coefficient (Wildman–Crippen LogP) is 2.35. The van der Waals surface area contributed by atoms with Crippen molar-refractivity contribution in [3.63, 3.8) is 0 Å². The van der Waals surface area contributed by atoms with Crippen LogP contribution in [0.1, 0.15) is 41.2 Å². The van der Waals surface area contributed by atoms with Crippen LogP contribution in [0.15, 0.2) is 41.8 Å². The van der Waals surface area contributed by atoms with Gasteiger partial charge < -0.3 is 20.3 Å². The van der Waals surface area contributed by atoms with Gasteiger partial charge in [0.25, 0.3) is 5.91 Å². The zero-order valence-electron chi connectivity index (χ0n) is 21.0. The minimum atomic E-state index is -0.850. The van der Waals surface area contributed by atoms with Gasteiger partial charge in [-0.05, 0) is 25.3 Å². The maximum Gasteiger partial charge on any atom is 0.325 e. The fraction of sp³-hybridized carbons (Fsp3) is 0.360. The average molecular weight is 540 g/mol. The Balaban J connectivity index is 1.24. The van der Waals surface area contributed by atoms with Crippen molar-refractivity contribution in [3.05, 3.63) is 52.5 Å². The normalized spacial score (nSPS) is 14.4. The van der Waals surface area contributed by atoms with E-state index in [-0.39, 0.29) is 24.2 Å². The van der Waals surface area contributed by atoms with Crippen molar-refractivity contribution in [1.82, 2.24) is 30.7 Å². The maximum absolute atomic E-state index is 12.7. The number of esters is 1. The number of likely N-dealkylation sites (tertiary alicyclic amines) is 1. The van der Waals surface area contributed by atoms with Crippen LogP contribution in [-0.2, 0) is 14.3 Å². The third-order valence-corrected chi connectivity index (χ3v) is 7.17. The first kappa shape index (κ1) is 26.8. The lowest BCUT2D eigenvalue weighted by Crippen LogP contribution is -2.46. The van der Waals surface area contributed by atoms with Crippen molar-refractivity contribution in [3.8, 4) is 11.3 Å². The molecule has 13 heteroatoms. The number of carbonyl (C=O) groups is 4. The van der Waals surface area contributed by atoms with E-state index in [1.807, 2.05) is 30.3 Å². The largest absolute Gasteiger partial charge is 0.468 e. The molecule has 1 aliphatic rings. The molecule has 4 amide bonds. The Hall–Kier alpha value is -4.26. The number of aromatic nitrogens is 3. The number of nitrogens with zero attached hydrogens (tertiary/aromatic N) is 3.